The maximum atomic E-state index is 6.26. The third-order valence-corrected chi connectivity index (χ3v) is 5.15. The van der Waals surface area contributed by atoms with Crippen LogP contribution in [0.25, 0.3) is 11.1 Å². The Kier molecular flexibility index (Phi) is 4.79. The predicted octanol–water partition coefficient (Wildman–Crippen LogP) is 6.62. The normalized spacial score (nSPS) is 15.9. The Morgan fingerprint density at radius 1 is 0.885 bits per heavy atom. The summed E-state index contributed by atoms with van der Waals surface area (Å²) in [6.07, 6.45) is 3.43. The van der Waals surface area contributed by atoms with Crippen LogP contribution in [0.2, 0.25) is 0 Å². The fourth-order valence-corrected chi connectivity index (χ4v) is 3.96. The lowest BCUT2D eigenvalue weighted by Gasteiger charge is -2.16. The van der Waals surface area contributed by atoms with Gasteiger partial charge in [-0.3, -0.25) is 0 Å². The first-order chi connectivity index (χ1) is 12.7. The molecule has 3 aromatic rings. The van der Waals surface area contributed by atoms with Crippen molar-refractivity contribution in [3.8, 4) is 16.9 Å². The van der Waals surface area contributed by atoms with E-state index in [2.05, 4.69) is 56.3 Å². The standard InChI is InChI=1S/C25H26O/c1-18(2)17-19-11-13-20(14-12-19)22-9-6-10-24-23(22)15-16-25(24)26-21-7-4-3-5-8-21/h3-14,18,25H,15-17H2,1-2H3/t25-/m1/s1. The Morgan fingerprint density at radius 2 is 1.65 bits per heavy atom. The summed E-state index contributed by atoms with van der Waals surface area (Å²) in [5.74, 6) is 1.64. The molecule has 0 saturated carbocycles. The van der Waals surface area contributed by atoms with Crippen molar-refractivity contribution < 1.29 is 4.74 Å². The fraction of sp³-hybridized carbons (Fsp3) is 0.280. The van der Waals surface area contributed by atoms with E-state index in [1.54, 1.807) is 0 Å². The van der Waals surface area contributed by atoms with Crippen LogP contribution in [-0.4, -0.2) is 0 Å². The average Bonchev–Trinajstić information content (AvgIpc) is 3.06. The topological polar surface area (TPSA) is 9.23 Å². The second-order valence-electron chi connectivity index (χ2n) is 7.63. The molecule has 1 nitrogen and oxygen atoms in total. The minimum atomic E-state index is 0.160. The summed E-state index contributed by atoms with van der Waals surface area (Å²) >= 11 is 0. The van der Waals surface area contributed by atoms with E-state index >= 15 is 0 Å². The van der Waals surface area contributed by atoms with E-state index in [1.807, 2.05) is 30.3 Å². The van der Waals surface area contributed by atoms with Gasteiger partial charge in [0.2, 0.25) is 0 Å². The van der Waals surface area contributed by atoms with Gasteiger partial charge in [0, 0.05) is 0 Å². The Hall–Kier alpha value is -2.54. The zero-order valence-corrected chi connectivity index (χ0v) is 15.6. The van der Waals surface area contributed by atoms with Crippen molar-refractivity contribution in [2.75, 3.05) is 0 Å². The summed E-state index contributed by atoms with van der Waals surface area (Å²) < 4.78 is 6.26. The van der Waals surface area contributed by atoms with Gasteiger partial charge >= 0.3 is 0 Å². The lowest BCUT2D eigenvalue weighted by Crippen LogP contribution is -2.03. The third-order valence-electron chi connectivity index (χ3n) is 5.15. The van der Waals surface area contributed by atoms with Gasteiger partial charge in [0.25, 0.3) is 0 Å². The summed E-state index contributed by atoms with van der Waals surface area (Å²) in [5.41, 5.74) is 6.89. The van der Waals surface area contributed by atoms with Crippen molar-refractivity contribution in [3.63, 3.8) is 0 Å². The van der Waals surface area contributed by atoms with Crippen molar-refractivity contribution in [2.45, 2.75) is 39.2 Å². The van der Waals surface area contributed by atoms with Gasteiger partial charge in [0.05, 0.1) is 0 Å². The Balaban J connectivity index is 1.60. The molecular weight excluding hydrogens is 316 g/mol. The molecule has 1 atom stereocenters. The van der Waals surface area contributed by atoms with Gasteiger partial charge in [0.15, 0.2) is 0 Å². The van der Waals surface area contributed by atoms with Crippen molar-refractivity contribution in [2.24, 2.45) is 5.92 Å². The molecule has 0 aliphatic heterocycles. The van der Waals surface area contributed by atoms with E-state index in [-0.39, 0.29) is 6.10 Å². The highest BCUT2D eigenvalue weighted by molar-refractivity contribution is 5.70. The van der Waals surface area contributed by atoms with Crippen LogP contribution in [0.15, 0.2) is 72.8 Å². The maximum Gasteiger partial charge on any atom is 0.124 e. The molecule has 0 radical (unpaired) electrons. The first-order valence-electron chi connectivity index (χ1n) is 9.63. The van der Waals surface area contributed by atoms with Gasteiger partial charge in [-0.1, -0.05) is 74.5 Å². The van der Waals surface area contributed by atoms with Gasteiger partial charge < -0.3 is 4.74 Å². The van der Waals surface area contributed by atoms with Crippen molar-refractivity contribution in [1.82, 2.24) is 0 Å². The molecule has 0 bridgehead atoms. The molecule has 0 saturated heterocycles. The lowest BCUT2D eigenvalue weighted by molar-refractivity contribution is 0.207. The van der Waals surface area contributed by atoms with Crippen LogP contribution in [0.5, 0.6) is 5.75 Å². The van der Waals surface area contributed by atoms with Crippen LogP contribution in [0.4, 0.5) is 0 Å². The zero-order valence-electron chi connectivity index (χ0n) is 15.6. The summed E-state index contributed by atoms with van der Waals surface area (Å²) in [6, 6.07) is 25.9. The Bertz CT molecular complexity index is 862. The molecule has 1 heteroatoms. The average molecular weight is 342 g/mol. The second-order valence-corrected chi connectivity index (χ2v) is 7.63. The van der Waals surface area contributed by atoms with E-state index in [0.717, 1.165) is 25.0 Å². The number of hydrogen-bond acceptors (Lipinski definition) is 1. The predicted molar refractivity (Wildman–Crippen MR) is 109 cm³/mol. The SMILES string of the molecule is CC(C)Cc1ccc(-c2cccc3c2CC[C@H]3Oc2ccccc2)cc1. The number of hydrogen-bond donors (Lipinski definition) is 0. The number of rotatable bonds is 5. The maximum absolute atomic E-state index is 6.26. The summed E-state index contributed by atoms with van der Waals surface area (Å²) in [4.78, 5) is 0. The summed E-state index contributed by atoms with van der Waals surface area (Å²) in [6.45, 7) is 4.54. The molecule has 4 rings (SSSR count). The lowest BCUT2D eigenvalue weighted by atomic mass is 9.94. The Morgan fingerprint density at radius 3 is 2.38 bits per heavy atom. The zero-order chi connectivity index (χ0) is 17.9. The monoisotopic (exact) mass is 342 g/mol. The number of benzene rings is 3. The molecule has 132 valence electrons. The van der Waals surface area contributed by atoms with Crippen LogP contribution in [-0.2, 0) is 12.8 Å². The third kappa shape index (κ3) is 3.53. The molecule has 1 aliphatic carbocycles. The van der Waals surface area contributed by atoms with Gasteiger partial charge in [-0.25, -0.2) is 0 Å². The number of ether oxygens (including phenoxy) is 1. The van der Waals surface area contributed by atoms with Crippen molar-refractivity contribution in [3.05, 3.63) is 89.5 Å². The first-order valence-corrected chi connectivity index (χ1v) is 9.63. The number of para-hydroxylation sites is 1. The van der Waals surface area contributed by atoms with Crippen LogP contribution in [0.3, 0.4) is 0 Å². The van der Waals surface area contributed by atoms with Crippen LogP contribution >= 0.6 is 0 Å². The molecule has 1 aliphatic rings. The van der Waals surface area contributed by atoms with E-state index in [4.69, 9.17) is 4.74 Å². The fourth-order valence-electron chi connectivity index (χ4n) is 3.96. The summed E-state index contributed by atoms with van der Waals surface area (Å²) in [5, 5.41) is 0. The molecule has 0 unspecified atom stereocenters. The van der Waals surface area contributed by atoms with Crippen LogP contribution < -0.4 is 4.74 Å². The highest BCUT2D eigenvalue weighted by Crippen LogP contribution is 2.40. The highest BCUT2D eigenvalue weighted by atomic mass is 16.5. The molecular formula is C25H26O. The van der Waals surface area contributed by atoms with Crippen molar-refractivity contribution >= 4 is 0 Å². The quantitative estimate of drug-likeness (QED) is 0.506. The highest BCUT2D eigenvalue weighted by Gasteiger charge is 2.26. The molecule has 0 fully saturated rings. The number of fused-ring (bicyclic) bond motifs is 1. The van der Waals surface area contributed by atoms with Gasteiger partial charge in [0.1, 0.15) is 11.9 Å². The van der Waals surface area contributed by atoms with Crippen LogP contribution in [0.1, 0.15) is 43.1 Å². The van der Waals surface area contributed by atoms with E-state index < -0.39 is 0 Å². The Labute approximate surface area is 156 Å². The molecule has 0 spiro atoms. The second kappa shape index (κ2) is 7.37. The minimum Gasteiger partial charge on any atom is -0.486 e. The molecule has 0 amide bonds. The van der Waals surface area contributed by atoms with E-state index in [1.165, 1.54) is 27.8 Å². The molecule has 0 heterocycles. The molecule has 0 N–H and O–H groups in total. The largest absolute Gasteiger partial charge is 0.486 e. The summed E-state index contributed by atoms with van der Waals surface area (Å²) in [7, 11) is 0. The van der Waals surface area contributed by atoms with Crippen LogP contribution in [0, 0.1) is 5.92 Å². The van der Waals surface area contributed by atoms with Gasteiger partial charge in [-0.2, -0.15) is 0 Å². The first kappa shape index (κ1) is 16.9. The van der Waals surface area contributed by atoms with E-state index in [9.17, 15) is 0 Å². The molecule has 0 aromatic heterocycles. The van der Waals surface area contributed by atoms with Gasteiger partial charge in [-0.05, 0) is 65.1 Å². The van der Waals surface area contributed by atoms with Crippen molar-refractivity contribution in [1.29, 1.82) is 0 Å². The minimum absolute atomic E-state index is 0.160. The smallest absolute Gasteiger partial charge is 0.124 e. The molecule has 3 aromatic carbocycles. The molecule has 26 heavy (non-hydrogen) atoms. The van der Waals surface area contributed by atoms with Gasteiger partial charge in [-0.15, -0.1) is 0 Å². The van der Waals surface area contributed by atoms with E-state index in [0.29, 0.717) is 5.92 Å².